The minimum absolute atomic E-state index is 0.111. The number of nitrogens with one attached hydrogen (secondary N) is 2. The molecule has 2 rings (SSSR count). The van der Waals surface area contributed by atoms with Crippen LogP contribution in [0.3, 0.4) is 0 Å². The predicted octanol–water partition coefficient (Wildman–Crippen LogP) is 1.38. The Kier molecular flexibility index (Phi) is 6.11. The number of aromatic nitrogens is 1. The molecule has 0 fully saturated rings. The average molecular weight is 363 g/mol. The SMILES string of the molecule is COc1ccc(S(=O)(=O)N[C@@H](C)C(=O)NCc2cccnc2)c(C)c1. The maximum atomic E-state index is 12.5. The topological polar surface area (TPSA) is 97.4 Å². The molecule has 0 aliphatic rings. The van der Waals surface area contributed by atoms with E-state index < -0.39 is 22.0 Å². The van der Waals surface area contributed by atoms with Gasteiger partial charge in [-0.25, -0.2) is 8.42 Å². The van der Waals surface area contributed by atoms with Crippen molar-refractivity contribution in [3.8, 4) is 5.75 Å². The molecule has 25 heavy (non-hydrogen) atoms. The van der Waals surface area contributed by atoms with Gasteiger partial charge in [-0.15, -0.1) is 0 Å². The van der Waals surface area contributed by atoms with E-state index >= 15 is 0 Å². The number of hydrogen-bond donors (Lipinski definition) is 2. The minimum atomic E-state index is -3.82. The van der Waals surface area contributed by atoms with Crippen LogP contribution in [0.5, 0.6) is 5.75 Å². The minimum Gasteiger partial charge on any atom is -0.497 e. The summed E-state index contributed by atoms with van der Waals surface area (Å²) in [6, 6.07) is 7.32. The Morgan fingerprint density at radius 2 is 2.08 bits per heavy atom. The van der Waals surface area contributed by atoms with Gasteiger partial charge in [-0.2, -0.15) is 4.72 Å². The molecule has 2 aromatic rings. The highest BCUT2D eigenvalue weighted by Crippen LogP contribution is 2.21. The molecule has 8 heteroatoms. The maximum absolute atomic E-state index is 12.5. The first kappa shape index (κ1) is 18.9. The van der Waals surface area contributed by atoms with Crippen molar-refractivity contribution in [1.82, 2.24) is 15.0 Å². The van der Waals surface area contributed by atoms with Gasteiger partial charge in [-0.1, -0.05) is 6.07 Å². The van der Waals surface area contributed by atoms with Gasteiger partial charge in [-0.3, -0.25) is 9.78 Å². The van der Waals surface area contributed by atoms with Gasteiger partial charge in [0.1, 0.15) is 5.75 Å². The van der Waals surface area contributed by atoms with Gasteiger partial charge < -0.3 is 10.1 Å². The normalized spacial score (nSPS) is 12.4. The first-order chi connectivity index (χ1) is 11.8. The zero-order valence-electron chi connectivity index (χ0n) is 14.3. The number of carbonyl (C=O) groups excluding carboxylic acids is 1. The lowest BCUT2D eigenvalue weighted by Gasteiger charge is -2.16. The van der Waals surface area contributed by atoms with Crippen molar-refractivity contribution in [1.29, 1.82) is 0 Å². The van der Waals surface area contributed by atoms with Crippen LogP contribution in [0.15, 0.2) is 47.6 Å². The van der Waals surface area contributed by atoms with Crippen molar-refractivity contribution in [2.45, 2.75) is 31.3 Å². The van der Waals surface area contributed by atoms with Crippen molar-refractivity contribution in [3.63, 3.8) is 0 Å². The number of hydrogen-bond acceptors (Lipinski definition) is 5. The Morgan fingerprint density at radius 1 is 1.32 bits per heavy atom. The summed E-state index contributed by atoms with van der Waals surface area (Å²) in [5, 5.41) is 2.68. The third-order valence-corrected chi connectivity index (χ3v) is 5.29. The monoisotopic (exact) mass is 363 g/mol. The molecule has 0 spiro atoms. The molecular formula is C17H21N3O4S. The third-order valence-electron chi connectivity index (χ3n) is 3.59. The first-order valence-corrected chi connectivity index (χ1v) is 9.15. The molecule has 0 bridgehead atoms. The fraction of sp³-hybridized carbons (Fsp3) is 0.294. The third kappa shape index (κ3) is 5.01. The van der Waals surface area contributed by atoms with Crippen LogP contribution in [0, 0.1) is 6.92 Å². The summed E-state index contributed by atoms with van der Waals surface area (Å²) in [4.78, 5) is 16.2. The zero-order valence-corrected chi connectivity index (χ0v) is 15.1. The number of methoxy groups -OCH3 is 1. The van der Waals surface area contributed by atoms with Crippen LogP contribution in [-0.2, 0) is 21.4 Å². The summed E-state index contributed by atoms with van der Waals surface area (Å²) in [6.45, 7) is 3.44. The largest absolute Gasteiger partial charge is 0.497 e. The van der Waals surface area contributed by atoms with Crippen LogP contribution in [0.2, 0.25) is 0 Å². The molecule has 7 nitrogen and oxygen atoms in total. The summed E-state index contributed by atoms with van der Waals surface area (Å²) in [7, 11) is -2.31. The van der Waals surface area contributed by atoms with Crippen molar-refractivity contribution < 1.29 is 17.9 Å². The number of carbonyl (C=O) groups is 1. The van der Waals surface area contributed by atoms with E-state index in [4.69, 9.17) is 4.74 Å². The second-order valence-electron chi connectivity index (χ2n) is 5.55. The Labute approximate surface area is 147 Å². The Morgan fingerprint density at radius 3 is 2.68 bits per heavy atom. The molecular weight excluding hydrogens is 342 g/mol. The highest BCUT2D eigenvalue weighted by Gasteiger charge is 2.23. The van der Waals surface area contributed by atoms with Crippen molar-refractivity contribution in [2.24, 2.45) is 0 Å². The number of rotatable bonds is 7. The fourth-order valence-corrected chi connectivity index (χ4v) is 3.67. The Hall–Kier alpha value is -2.45. The van der Waals surface area contributed by atoms with Gasteiger partial charge in [0.25, 0.3) is 0 Å². The van der Waals surface area contributed by atoms with Gasteiger partial charge in [0, 0.05) is 18.9 Å². The fourth-order valence-electron chi connectivity index (χ4n) is 2.25. The smallest absolute Gasteiger partial charge is 0.241 e. The second-order valence-corrected chi connectivity index (χ2v) is 7.24. The number of ether oxygens (including phenoxy) is 1. The van der Waals surface area contributed by atoms with Gasteiger partial charge >= 0.3 is 0 Å². The summed E-state index contributed by atoms with van der Waals surface area (Å²) < 4.78 is 32.5. The van der Waals surface area contributed by atoms with E-state index in [-0.39, 0.29) is 11.4 Å². The number of nitrogens with zero attached hydrogens (tertiary/aromatic N) is 1. The highest BCUT2D eigenvalue weighted by molar-refractivity contribution is 7.89. The summed E-state index contributed by atoms with van der Waals surface area (Å²) >= 11 is 0. The van der Waals surface area contributed by atoms with E-state index in [2.05, 4.69) is 15.0 Å². The molecule has 0 aliphatic heterocycles. The molecule has 1 aromatic heterocycles. The summed E-state index contributed by atoms with van der Waals surface area (Å²) in [5.74, 6) is 0.150. The molecule has 1 heterocycles. The number of aryl methyl sites for hydroxylation is 1. The lowest BCUT2D eigenvalue weighted by molar-refractivity contribution is -0.122. The Bertz CT molecular complexity index is 838. The number of pyridine rings is 1. The van der Waals surface area contributed by atoms with E-state index in [1.54, 1.807) is 37.5 Å². The van der Waals surface area contributed by atoms with Gasteiger partial charge in [0.15, 0.2) is 0 Å². The van der Waals surface area contributed by atoms with E-state index in [0.29, 0.717) is 11.3 Å². The van der Waals surface area contributed by atoms with Crippen LogP contribution in [-0.4, -0.2) is 32.5 Å². The van der Waals surface area contributed by atoms with Crippen molar-refractivity contribution in [2.75, 3.05) is 7.11 Å². The highest BCUT2D eigenvalue weighted by atomic mass is 32.2. The molecule has 0 radical (unpaired) electrons. The molecule has 0 saturated heterocycles. The molecule has 0 unspecified atom stereocenters. The summed E-state index contributed by atoms with van der Waals surface area (Å²) in [6.07, 6.45) is 3.27. The molecule has 0 saturated carbocycles. The standard InChI is InChI=1S/C17H21N3O4S/c1-12-9-15(24-3)6-7-16(12)25(22,23)20-13(2)17(21)19-11-14-5-4-8-18-10-14/h4-10,13,20H,11H2,1-3H3,(H,19,21)/t13-/m0/s1. The molecule has 134 valence electrons. The molecule has 0 aliphatic carbocycles. The van der Waals surface area contributed by atoms with E-state index in [9.17, 15) is 13.2 Å². The van der Waals surface area contributed by atoms with E-state index in [1.807, 2.05) is 6.07 Å². The van der Waals surface area contributed by atoms with Crippen LogP contribution >= 0.6 is 0 Å². The van der Waals surface area contributed by atoms with Crippen LogP contribution < -0.4 is 14.8 Å². The van der Waals surface area contributed by atoms with Crippen LogP contribution in [0.4, 0.5) is 0 Å². The van der Waals surface area contributed by atoms with Crippen molar-refractivity contribution in [3.05, 3.63) is 53.9 Å². The second kappa shape index (κ2) is 8.09. The zero-order chi connectivity index (χ0) is 18.4. The van der Waals surface area contributed by atoms with E-state index in [1.165, 1.54) is 20.1 Å². The number of benzene rings is 1. The van der Waals surface area contributed by atoms with Gasteiger partial charge in [0.05, 0.1) is 18.0 Å². The average Bonchev–Trinajstić information content (AvgIpc) is 2.59. The number of sulfonamides is 1. The first-order valence-electron chi connectivity index (χ1n) is 7.67. The maximum Gasteiger partial charge on any atom is 0.241 e. The van der Waals surface area contributed by atoms with Gasteiger partial charge in [0.2, 0.25) is 15.9 Å². The lowest BCUT2D eigenvalue weighted by atomic mass is 10.2. The molecule has 1 amide bonds. The van der Waals surface area contributed by atoms with Crippen LogP contribution in [0.25, 0.3) is 0 Å². The Balaban J connectivity index is 2.02. The molecule has 1 aromatic carbocycles. The van der Waals surface area contributed by atoms with Gasteiger partial charge in [-0.05, 0) is 49.2 Å². The van der Waals surface area contributed by atoms with E-state index in [0.717, 1.165) is 5.56 Å². The number of amides is 1. The molecule has 2 N–H and O–H groups in total. The predicted molar refractivity (Wildman–Crippen MR) is 93.6 cm³/mol. The van der Waals surface area contributed by atoms with Crippen LogP contribution in [0.1, 0.15) is 18.1 Å². The quantitative estimate of drug-likeness (QED) is 0.775. The summed E-state index contributed by atoms with van der Waals surface area (Å²) in [5.41, 5.74) is 1.37. The molecule has 1 atom stereocenters. The van der Waals surface area contributed by atoms with Crippen molar-refractivity contribution >= 4 is 15.9 Å². The lowest BCUT2D eigenvalue weighted by Crippen LogP contribution is -2.44.